The number of aromatic nitrogens is 2. The van der Waals surface area contributed by atoms with Gasteiger partial charge in [-0.05, 0) is 18.2 Å². The molecule has 0 spiro atoms. The summed E-state index contributed by atoms with van der Waals surface area (Å²) in [6.45, 7) is 0. The summed E-state index contributed by atoms with van der Waals surface area (Å²) < 4.78 is 47.3. The first-order valence-electron chi connectivity index (χ1n) is 4.54. The van der Waals surface area contributed by atoms with Crippen LogP contribution in [-0.2, 0) is 6.18 Å². The van der Waals surface area contributed by atoms with Gasteiger partial charge in [-0.15, -0.1) is 0 Å². The number of ether oxygens (including phenoxy) is 1. The molecule has 0 N–H and O–H groups in total. The number of hydrogen-bond donors (Lipinski definition) is 0. The highest BCUT2D eigenvalue weighted by atomic mass is 19.4. The Bertz CT molecular complexity index is 509. The summed E-state index contributed by atoms with van der Waals surface area (Å²) in [7, 11) is 1.18. The second-order valence-corrected chi connectivity index (χ2v) is 3.17. The van der Waals surface area contributed by atoms with Crippen LogP contribution in [0.25, 0.3) is 11.4 Å². The molecular formula is C10H7F3N2O2. The van der Waals surface area contributed by atoms with Gasteiger partial charge in [0.05, 0.1) is 12.7 Å². The van der Waals surface area contributed by atoms with Gasteiger partial charge in [-0.3, -0.25) is 0 Å². The summed E-state index contributed by atoms with van der Waals surface area (Å²) in [5.74, 6) is -0.150. The van der Waals surface area contributed by atoms with Gasteiger partial charge in [0.25, 0.3) is 0 Å². The highest BCUT2D eigenvalue weighted by molar-refractivity contribution is 5.58. The van der Waals surface area contributed by atoms with E-state index in [1.54, 1.807) is 0 Å². The van der Waals surface area contributed by atoms with E-state index in [2.05, 4.69) is 19.4 Å². The zero-order chi connectivity index (χ0) is 12.5. The maximum Gasteiger partial charge on any atom is 0.419 e. The SMILES string of the molecule is COc1ccc(-c2ncon2)cc1C(F)(F)F. The molecule has 0 aliphatic heterocycles. The second-order valence-electron chi connectivity index (χ2n) is 3.17. The lowest BCUT2D eigenvalue weighted by Crippen LogP contribution is -2.07. The monoisotopic (exact) mass is 244 g/mol. The molecule has 0 saturated heterocycles. The molecule has 2 aromatic rings. The molecule has 0 bridgehead atoms. The Labute approximate surface area is 94.0 Å². The Balaban J connectivity index is 2.53. The zero-order valence-corrected chi connectivity index (χ0v) is 8.65. The minimum Gasteiger partial charge on any atom is -0.496 e. The van der Waals surface area contributed by atoms with Crippen LogP contribution in [0.15, 0.2) is 29.1 Å². The van der Waals surface area contributed by atoms with Crippen LogP contribution in [0.2, 0.25) is 0 Å². The molecule has 0 aliphatic rings. The lowest BCUT2D eigenvalue weighted by Gasteiger charge is -2.12. The van der Waals surface area contributed by atoms with Crippen LogP contribution in [0.5, 0.6) is 5.75 Å². The predicted octanol–water partition coefficient (Wildman–Crippen LogP) is 2.76. The number of nitrogens with zero attached hydrogens (tertiary/aromatic N) is 2. The van der Waals surface area contributed by atoms with Gasteiger partial charge in [0, 0.05) is 5.56 Å². The van der Waals surface area contributed by atoms with Crippen LogP contribution >= 0.6 is 0 Å². The van der Waals surface area contributed by atoms with Crippen molar-refractivity contribution in [1.29, 1.82) is 0 Å². The van der Waals surface area contributed by atoms with Gasteiger partial charge in [-0.2, -0.15) is 18.2 Å². The van der Waals surface area contributed by atoms with Gasteiger partial charge in [0.2, 0.25) is 12.2 Å². The summed E-state index contributed by atoms with van der Waals surface area (Å²) in [6, 6.07) is 3.57. The minimum atomic E-state index is -4.49. The molecule has 1 heterocycles. The van der Waals surface area contributed by atoms with E-state index in [4.69, 9.17) is 0 Å². The standard InChI is InChI=1S/C10H7F3N2O2/c1-16-8-3-2-6(9-14-5-17-15-9)4-7(8)10(11,12)13/h2-5H,1H3. The van der Waals surface area contributed by atoms with Crippen molar-refractivity contribution < 1.29 is 22.4 Å². The van der Waals surface area contributed by atoms with Gasteiger partial charge >= 0.3 is 6.18 Å². The van der Waals surface area contributed by atoms with E-state index in [0.717, 1.165) is 12.5 Å². The molecule has 2 rings (SSSR count). The van der Waals surface area contributed by atoms with Gasteiger partial charge in [-0.25, -0.2) is 0 Å². The molecule has 17 heavy (non-hydrogen) atoms. The van der Waals surface area contributed by atoms with Crippen LogP contribution in [0.1, 0.15) is 5.56 Å². The van der Waals surface area contributed by atoms with Crippen LogP contribution in [0, 0.1) is 0 Å². The van der Waals surface area contributed by atoms with Gasteiger partial charge in [-0.1, -0.05) is 5.16 Å². The highest BCUT2D eigenvalue weighted by Gasteiger charge is 2.34. The third-order valence-corrected chi connectivity index (χ3v) is 2.12. The molecule has 1 aromatic heterocycles. The van der Waals surface area contributed by atoms with E-state index < -0.39 is 11.7 Å². The van der Waals surface area contributed by atoms with Crippen molar-refractivity contribution in [3.8, 4) is 17.1 Å². The van der Waals surface area contributed by atoms with E-state index >= 15 is 0 Å². The molecule has 1 aromatic carbocycles. The molecule has 0 saturated carbocycles. The number of benzene rings is 1. The third-order valence-electron chi connectivity index (χ3n) is 2.12. The Morgan fingerprint density at radius 1 is 1.29 bits per heavy atom. The molecule has 0 aliphatic carbocycles. The smallest absolute Gasteiger partial charge is 0.419 e. The first-order valence-corrected chi connectivity index (χ1v) is 4.54. The van der Waals surface area contributed by atoms with E-state index in [-0.39, 0.29) is 17.1 Å². The number of rotatable bonds is 2. The van der Waals surface area contributed by atoms with Crippen LogP contribution in [-0.4, -0.2) is 17.3 Å². The van der Waals surface area contributed by atoms with Crippen molar-refractivity contribution >= 4 is 0 Å². The summed E-state index contributed by atoms with van der Waals surface area (Å²) in [4.78, 5) is 3.68. The quantitative estimate of drug-likeness (QED) is 0.814. The Kier molecular flexibility index (Phi) is 2.74. The number of alkyl halides is 3. The fourth-order valence-corrected chi connectivity index (χ4v) is 1.37. The first-order chi connectivity index (χ1) is 8.02. The van der Waals surface area contributed by atoms with Crippen molar-refractivity contribution in [1.82, 2.24) is 10.1 Å². The predicted molar refractivity (Wildman–Crippen MR) is 51.3 cm³/mol. The fraction of sp³-hybridized carbons (Fsp3) is 0.200. The zero-order valence-electron chi connectivity index (χ0n) is 8.65. The summed E-state index contributed by atoms with van der Waals surface area (Å²) in [6.07, 6.45) is -3.45. The number of methoxy groups -OCH3 is 1. The molecule has 7 heteroatoms. The van der Waals surface area contributed by atoms with Gasteiger partial charge < -0.3 is 9.26 Å². The Hall–Kier alpha value is -2.05. The molecule has 90 valence electrons. The van der Waals surface area contributed by atoms with E-state index in [1.807, 2.05) is 0 Å². The van der Waals surface area contributed by atoms with Crippen molar-refractivity contribution in [2.24, 2.45) is 0 Å². The lowest BCUT2D eigenvalue weighted by molar-refractivity contribution is -0.138. The summed E-state index contributed by atoms with van der Waals surface area (Å²) in [5, 5.41) is 3.47. The summed E-state index contributed by atoms with van der Waals surface area (Å²) >= 11 is 0. The number of hydrogen-bond acceptors (Lipinski definition) is 4. The van der Waals surface area contributed by atoms with Crippen molar-refractivity contribution in [2.45, 2.75) is 6.18 Å². The molecule has 0 unspecified atom stereocenters. The second kappa shape index (κ2) is 4.08. The summed E-state index contributed by atoms with van der Waals surface area (Å²) in [5.41, 5.74) is -0.658. The van der Waals surface area contributed by atoms with E-state index in [1.165, 1.54) is 19.2 Å². The van der Waals surface area contributed by atoms with Crippen LogP contribution < -0.4 is 4.74 Å². The molecule has 0 fully saturated rings. The largest absolute Gasteiger partial charge is 0.496 e. The lowest BCUT2D eigenvalue weighted by atomic mass is 10.1. The normalized spacial score (nSPS) is 11.5. The Morgan fingerprint density at radius 2 is 2.06 bits per heavy atom. The average Bonchev–Trinajstić information content (AvgIpc) is 2.80. The van der Waals surface area contributed by atoms with Gasteiger partial charge in [0.15, 0.2) is 0 Å². The van der Waals surface area contributed by atoms with Crippen molar-refractivity contribution in [3.63, 3.8) is 0 Å². The van der Waals surface area contributed by atoms with Crippen molar-refractivity contribution in [3.05, 3.63) is 30.2 Å². The first kappa shape index (κ1) is 11.4. The molecule has 0 amide bonds. The topological polar surface area (TPSA) is 48.2 Å². The fourth-order valence-electron chi connectivity index (χ4n) is 1.37. The van der Waals surface area contributed by atoms with Crippen LogP contribution in [0.3, 0.4) is 0 Å². The molecule has 4 nitrogen and oxygen atoms in total. The van der Waals surface area contributed by atoms with Crippen LogP contribution in [0.4, 0.5) is 13.2 Å². The van der Waals surface area contributed by atoms with Gasteiger partial charge in [0.1, 0.15) is 5.75 Å². The highest BCUT2D eigenvalue weighted by Crippen LogP contribution is 2.38. The third kappa shape index (κ3) is 2.22. The van der Waals surface area contributed by atoms with E-state index in [0.29, 0.717) is 0 Å². The number of halogens is 3. The Morgan fingerprint density at radius 3 is 2.59 bits per heavy atom. The minimum absolute atomic E-state index is 0.0955. The maximum absolute atomic E-state index is 12.7. The molecular weight excluding hydrogens is 237 g/mol. The molecule has 0 radical (unpaired) electrons. The maximum atomic E-state index is 12.7. The molecule has 0 atom stereocenters. The van der Waals surface area contributed by atoms with Crippen molar-refractivity contribution in [2.75, 3.05) is 7.11 Å². The average molecular weight is 244 g/mol. The van der Waals surface area contributed by atoms with E-state index in [9.17, 15) is 13.2 Å².